The molecule has 1 amide bonds. The quantitative estimate of drug-likeness (QED) is 0.837. The SMILES string of the molecule is CC(=O)N1CCN(C2CN(Cc3ccccn3)CC2C)CC1. The molecule has 2 aliphatic rings. The summed E-state index contributed by atoms with van der Waals surface area (Å²) >= 11 is 0. The van der Waals surface area contributed by atoms with E-state index in [-0.39, 0.29) is 5.91 Å². The average Bonchev–Trinajstić information content (AvgIpc) is 2.89. The maximum absolute atomic E-state index is 11.4. The lowest BCUT2D eigenvalue weighted by atomic mass is 10.0. The van der Waals surface area contributed by atoms with Gasteiger partial charge in [-0.2, -0.15) is 0 Å². The Morgan fingerprint density at radius 2 is 2.00 bits per heavy atom. The fourth-order valence-corrected chi connectivity index (χ4v) is 3.74. The molecule has 0 aromatic carbocycles. The number of amides is 1. The van der Waals surface area contributed by atoms with Crippen molar-refractivity contribution in [3.8, 4) is 0 Å². The third-order valence-corrected chi connectivity index (χ3v) is 4.99. The van der Waals surface area contributed by atoms with Crippen molar-refractivity contribution in [1.82, 2.24) is 19.7 Å². The van der Waals surface area contributed by atoms with E-state index >= 15 is 0 Å². The van der Waals surface area contributed by atoms with Gasteiger partial charge in [-0.05, 0) is 18.1 Å². The van der Waals surface area contributed by atoms with Crippen molar-refractivity contribution in [3.05, 3.63) is 30.1 Å². The Bertz CT molecular complexity index is 499. The van der Waals surface area contributed by atoms with Crippen LogP contribution in [-0.2, 0) is 11.3 Å². The first-order valence-corrected chi connectivity index (χ1v) is 8.25. The minimum absolute atomic E-state index is 0.205. The molecule has 3 rings (SSSR count). The van der Waals surface area contributed by atoms with Gasteiger partial charge in [0.25, 0.3) is 0 Å². The van der Waals surface area contributed by atoms with Crippen molar-refractivity contribution in [2.75, 3.05) is 39.3 Å². The van der Waals surface area contributed by atoms with Gasteiger partial charge in [-0.3, -0.25) is 19.6 Å². The molecular formula is C17H26N4O. The van der Waals surface area contributed by atoms with Gasteiger partial charge < -0.3 is 4.90 Å². The molecule has 1 aromatic rings. The van der Waals surface area contributed by atoms with E-state index in [0.717, 1.165) is 51.5 Å². The molecule has 1 aromatic heterocycles. The number of carbonyl (C=O) groups is 1. The molecule has 2 saturated heterocycles. The van der Waals surface area contributed by atoms with Crippen LogP contribution in [0, 0.1) is 5.92 Å². The van der Waals surface area contributed by atoms with E-state index in [4.69, 9.17) is 0 Å². The largest absolute Gasteiger partial charge is 0.340 e. The van der Waals surface area contributed by atoms with Gasteiger partial charge in [-0.25, -0.2) is 0 Å². The zero-order valence-electron chi connectivity index (χ0n) is 13.6. The lowest BCUT2D eigenvalue weighted by molar-refractivity contribution is -0.130. The molecule has 5 heteroatoms. The van der Waals surface area contributed by atoms with Crippen molar-refractivity contribution < 1.29 is 4.79 Å². The fraction of sp³-hybridized carbons (Fsp3) is 0.647. The summed E-state index contributed by atoms with van der Waals surface area (Å²) in [4.78, 5) is 22.9. The topological polar surface area (TPSA) is 39.7 Å². The minimum Gasteiger partial charge on any atom is -0.340 e. The van der Waals surface area contributed by atoms with Crippen LogP contribution in [0.25, 0.3) is 0 Å². The molecular weight excluding hydrogens is 276 g/mol. The molecule has 2 atom stereocenters. The molecule has 0 bridgehead atoms. The molecule has 0 saturated carbocycles. The van der Waals surface area contributed by atoms with E-state index in [1.807, 2.05) is 17.2 Å². The molecule has 22 heavy (non-hydrogen) atoms. The summed E-state index contributed by atoms with van der Waals surface area (Å²) in [5.41, 5.74) is 1.15. The Morgan fingerprint density at radius 1 is 1.23 bits per heavy atom. The van der Waals surface area contributed by atoms with Crippen LogP contribution in [0.2, 0.25) is 0 Å². The second kappa shape index (κ2) is 6.75. The molecule has 0 radical (unpaired) electrons. The summed E-state index contributed by atoms with van der Waals surface area (Å²) in [5, 5.41) is 0. The summed E-state index contributed by atoms with van der Waals surface area (Å²) in [5.74, 6) is 0.878. The van der Waals surface area contributed by atoms with E-state index in [9.17, 15) is 4.79 Å². The van der Waals surface area contributed by atoms with Gasteiger partial charge in [0, 0.05) is 65.0 Å². The van der Waals surface area contributed by atoms with Crippen molar-refractivity contribution in [3.63, 3.8) is 0 Å². The first-order chi connectivity index (χ1) is 10.6. The number of hydrogen-bond donors (Lipinski definition) is 0. The highest BCUT2D eigenvalue weighted by Gasteiger charge is 2.35. The minimum atomic E-state index is 0.205. The van der Waals surface area contributed by atoms with E-state index in [0.29, 0.717) is 12.0 Å². The number of carbonyl (C=O) groups excluding carboxylic acids is 1. The van der Waals surface area contributed by atoms with Gasteiger partial charge in [0.1, 0.15) is 0 Å². The maximum atomic E-state index is 11.4. The van der Waals surface area contributed by atoms with E-state index in [1.54, 1.807) is 6.92 Å². The zero-order valence-corrected chi connectivity index (χ0v) is 13.6. The number of pyridine rings is 1. The molecule has 2 fully saturated rings. The van der Waals surface area contributed by atoms with Crippen molar-refractivity contribution in [1.29, 1.82) is 0 Å². The number of nitrogens with zero attached hydrogens (tertiary/aromatic N) is 4. The van der Waals surface area contributed by atoms with Gasteiger partial charge in [0.15, 0.2) is 0 Å². The fourth-order valence-electron chi connectivity index (χ4n) is 3.74. The number of likely N-dealkylation sites (tertiary alicyclic amines) is 1. The van der Waals surface area contributed by atoms with Crippen LogP contribution in [-0.4, -0.2) is 70.9 Å². The Morgan fingerprint density at radius 3 is 2.64 bits per heavy atom. The lowest BCUT2D eigenvalue weighted by Crippen LogP contribution is -2.53. The van der Waals surface area contributed by atoms with Crippen LogP contribution in [0.15, 0.2) is 24.4 Å². The predicted octanol–water partition coefficient (Wildman–Crippen LogP) is 1.07. The monoisotopic (exact) mass is 302 g/mol. The highest BCUT2D eigenvalue weighted by atomic mass is 16.2. The molecule has 3 heterocycles. The van der Waals surface area contributed by atoms with Gasteiger partial charge in [0.05, 0.1) is 5.69 Å². The van der Waals surface area contributed by atoms with Gasteiger partial charge in [-0.15, -0.1) is 0 Å². The van der Waals surface area contributed by atoms with E-state index < -0.39 is 0 Å². The lowest BCUT2D eigenvalue weighted by Gasteiger charge is -2.39. The molecule has 0 aliphatic carbocycles. The highest BCUT2D eigenvalue weighted by molar-refractivity contribution is 5.73. The second-order valence-corrected chi connectivity index (χ2v) is 6.60. The molecule has 0 spiro atoms. The third kappa shape index (κ3) is 3.47. The highest BCUT2D eigenvalue weighted by Crippen LogP contribution is 2.24. The molecule has 0 N–H and O–H groups in total. The van der Waals surface area contributed by atoms with Crippen LogP contribution >= 0.6 is 0 Å². The summed E-state index contributed by atoms with van der Waals surface area (Å²) < 4.78 is 0. The molecule has 120 valence electrons. The first-order valence-electron chi connectivity index (χ1n) is 8.25. The Labute approximate surface area is 132 Å². The van der Waals surface area contributed by atoms with Crippen LogP contribution in [0.5, 0.6) is 0 Å². The Hall–Kier alpha value is -1.46. The molecule has 2 unspecified atom stereocenters. The average molecular weight is 302 g/mol. The van der Waals surface area contributed by atoms with Crippen LogP contribution in [0.1, 0.15) is 19.5 Å². The third-order valence-electron chi connectivity index (χ3n) is 4.99. The Balaban J connectivity index is 1.54. The van der Waals surface area contributed by atoms with Crippen LogP contribution in [0.3, 0.4) is 0 Å². The summed E-state index contributed by atoms with van der Waals surface area (Å²) in [7, 11) is 0. The smallest absolute Gasteiger partial charge is 0.219 e. The van der Waals surface area contributed by atoms with Gasteiger partial charge >= 0.3 is 0 Å². The van der Waals surface area contributed by atoms with Gasteiger partial charge in [-0.1, -0.05) is 13.0 Å². The molecule has 5 nitrogen and oxygen atoms in total. The van der Waals surface area contributed by atoms with Crippen molar-refractivity contribution >= 4 is 5.91 Å². The van der Waals surface area contributed by atoms with Crippen molar-refractivity contribution in [2.24, 2.45) is 5.92 Å². The zero-order chi connectivity index (χ0) is 15.5. The second-order valence-electron chi connectivity index (χ2n) is 6.60. The maximum Gasteiger partial charge on any atom is 0.219 e. The first kappa shape index (κ1) is 15.4. The van der Waals surface area contributed by atoms with Crippen LogP contribution in [0.4, 0.5) is 0 Å². The Kier molecular flexibility index (Phi) is 4.74. The molecule has 2 aliphatic heterocycles. The number of aromatic nitrogens is 1. The van der Waals surface area contributed by atoms with Gasteiger partial charge in [0.2, 0.25) is 5.91 Å². The predicted molar refractivity (Wildman–Crippen MR) is 86.3 cm³/mol. The summed E-state index contributed by atoms with van der Waals surface area (Å²) in [6.45, 7) is 11.0. The van der Waals surface area contributed by atoms with E-state index in [2.05, 4.69) is 33.8 Å². The summed E-state index contributed by atoms with van der Waals surface area (Å²) in [6.07, 6.45) is 1.87. The number of hydrogen-bond acceptors (Lipinski definition) is 4. The van der Waals surface area contributed by atoms with E-state index in [1.165, 1.54) is 0 Å². The normalized spacial score (nSPS) is 27.3. The summed E-state index contributed by atoms with van der Waals surface area (Å²) in [6, 6.07) is 6.73. The number of piperazine rings is 1. The van der Waals surface area contributed by atoms with Crippen molar-refractivity contribution in [2.45, 2.75) is 26.4 Å². The standard InChI is InChI=1S/C17H26N4O/c1-14-11-19(12-16-5-3-4-6-18-16)13-17(14)21-9-7-20(8-10-21)15(2)22/h3-6,14,17H,7-13H2,1-2H3. The number of rotatable bonds is 3. The van der Waals surface area contributed by atoms with Crippen LogP contribution < -0.4 is 0 Å².